The van der Waals surface area contributed by atoms with Crippen LogP contribution < -0.4 is 0 Å². The summed E-state index contributed by atoms with van der Waals surface area (Å²) in [6, 6.07) is 31.6. The van der Waals surface area contributed by atoms with Crippen LogP contribution in [0.2, 0.25) is 0 Å². The zero-order chi connectivity index (χ0) is 26.6. The molecule has 0 aliphatic rings. The number of hydrogen-bond acceptors (Lipinski definition) is 3. The molecule has 1 aromatic heterocycles. The summed E-state index contributed by atoms with van der Waals surface area (Å²) in [5.74, 6) is 0.306. The average Bonchev–Trinajstić information content (AvgIpc) is 3.30. The number of benzene rings is 3. The molecular weight excluding hydrogens is 470 g/mol. The van der Waals surface area contributed by atoms with E-state index in [2.05, 4.69) is 95.3 Å². The van der Waals surface area contributed by atoms with Crippen LogP contribution in [-0.2, 0) is 24.4 Å². The van der Waals surface area contributed by atoms with Crippen molar-refractivity contribution in [3.05, 3.63) is 102 Å². The number of imidazole rings is 1. The van der Waals surface area contributed by atoms with E-state index < -0.39 is 5.97 Å². The fourth-order valence-electron chi connectivity index (χ4n) is 4.89. The largest absolute Gasteiger partial charge is 0.481 e. The zero-order valence-corrected chi connectivity index (χ0v) is 22.4. The molecular formula is C33H39N3O2. The number of unbranched alkanes of at least 4 members (excludes halogenated alkanes) is 3. The molecule has 1 heterocycles. The van der Waals surface area contributed by atoms with Gasteiger partial charge in [0.15, 0.2) is 0 Å². The van der Waals surface area contributed by atoms with E-state index in [1.54, 1.807) is 0 Å². The van der Waals surface area contributed by atoms with Crippen LogP contribution >= 0.6 is 0 Å². The fraction of sp³-hybridized carbons (Fsp3) is 0.333. The maximum absolute atomic E-state index is 11.0. The van der Waals surface area contributed by atoms with Crippen LogP contribution in [0.25, 0.3) is 22.6 Å². The van der Waals surface area contributed by atoms with Crippen molar-refractivity contribution in [2.75, 3.05) is 6.54 Å². The number of carboxylic acids is 1. The van der Waals surface area contributed by atoms with Crippen LogP contribution in [-0.4, -0.2) is 32.1 Å². The Morgan fingerprint density at radius 1 is 0.789 bits per heavy atom. The first-order valence-corrected chi connectivity index (χ1v) is 13.8. The number of carboxylic acid groups (broad SMARTS) is 1. The molecule has 0 saturated carbocycles. The SMILES string of the molecule is CCCCn1c(-c2ccccc2)nc(-c2ccccc2)c1CN(CCCCCC(=O)O)Cc1ccccc1. The molecule has 0 fully saturated rings. The number of aliphatic carboxylic acids is 1. The topological polar surface area (TPSA) is 58.4 Å². The average molecular weight is 510 g/mol. The van der Waals surface area contributed by atoms with E-state index >= 15 is 0 Å². The van der Waals surface area contributed by atoms with E-state index in [1.165, 1.54) is 11.3 Å². The van der Waals surface area contributed by atoms with Crippen molar-refractivity contribution in [1.82, 2.24) is 14.5 Å². The van der Waals surface area contributed by atoms with Gasteiger partial charge in [0, 0.05) is 37.2 Å². The van der Waals surface area contributed by atoms with E-state index in [0.717, 1.165) is 80.9 Å². The predicted molar refractivity (Wildman–Crippen MR) is 155 cm³/mol. The summed E-state index contributed by atoms with van der Waals surface area (Å²) in [6.45, 7) is 5.68. The maximum atomic E-state index is 11.0. The molecule has 3 aromatic carbocycles. The second-order valence-electron chi connectivity index (χ2n) is 9.87. The molecule has 0 aliphatic carbocycles. The summed E-state index contributed by atoms with van der Waals surface area (Å²) < 4.78 is 2.43. The molecule has 1 N–H and O–H groups in total. The quantitative estimate of drug-likeness (QED) is 0.167. The third-order valence-electron chi connectivity index (χ3n) is 6.87. The van der Waals surface area contributed by atoms with Crippen molar-refractivity contribution < 1.29 is 9.90 Å². The summed E-state index contributed by atoms with van der Waals surface area (Å²) in [5, 5.41) is 9.03. The lowest BCUT2D eigenvalue weighted by Gasteiger charge is -2.24. The van der Waals surface area contributed by atoms with Crippen LogP contribution in [0.15, 0.2) is 91.0 Å². The molecule has 0 unspecified atom stereocenters. The van der Waals surface area contributed by atoms with Gasteiger partial charge in [-0.25, -0.2) is 4.98 Å². The molecule has 0 bridgehead atoms. The predicted octanol–water partition coefficient (Wildman–Crippen LogP) is 7.66. The van der Waals surface area contributed by atoms with Crippen LogP contribution in [0, 0.1) is 0 Å². The highest BCUT2D eigenvalue weighted by Crippen LogP contribution is 2.31. The molecule has 0 spiro atoms. The van der Waals surface area contributed by atoms with E-state index in [9.17, 15) is 4.79 Å². The lowest BCUT2D eigenvalue weighted by Crippen LogP contribution is -2.26. The minimum Gasteiger partial charge on any atom is -0.481 e. The van der Waals surface area contributed by atoms with Gasteiger partial charge < -0.3 is 9.67 Å². The van der Waals surface area contributed by atoms with Gasteiger partial charge in [-0.2, -0.15) is 0 Å². The highest BCUT2D eigenvalue weighted by molar-refractivity contribution is 5.68. The minimum absolute atomic E-state index is 0.237. The first kappa shape index (κ1) is 27.3. The van der Waals surface area contributed by atoms with Crippen LogP contribution in [0.1, 0.15) is 56.7 Å². The Labute approximate surface area is 226 Å². The minimum atomic E-state index is -0.716. The number of carbonyl (C=O) groups is 1. The molecule has 0 radical (unpaired) electrons. The Morgan fingerprint density at radius 2 is 1.42 bits per heavy atom. The van der Waals surface area contributed by atoms with E-state index in [4.69, 9.17) is 10.1 Å². The Hall–Kier alpha value is -3.70. The molecule has 5 nitrogen and oxygen atoms in total. The van der Waals surface area contributed by atoms with Gasteiger partial charge in [0.1, 0.15) is 5.82 Å². The second kappa shape index (κ2) is 14.3. The smallest absolute Gasteiger partial charge is 0.303 e. The molecule has 4 rings (SSSR count). The molecule has 0 aliphatic heterocycles. The molecule has 5 heteroatoms. The molecule has 0 atom stereocenters. The first-order valence-electron chi connectivity index (χ1n) is 13.8. The Kier molecular flexibility index (Phi) is 10.3. The lowest BCUT2D eigenvalue weighted by atomic mass is 10.1. The number of aromatic nitrogens is 2. The first-order chi connectivity index (χ1) is 18.7. The van der Waals surface area contributed by atoms with E-state index in [1.807, 2.05) is 12.1 Å². The second-order valence-corrected chi connectivity index (χ2v) is 9.87. The highest BCUT2D eigenvalue weighted by Gasteiger charge is 2.21. The van der Waals surface area contributed by atoms with Crippen molar-refractivity contribution in [3.8, 4) is 22.6 Å². The van der Waals surface area contributed by atoms with Crippen molar-refractivity contribution in [2.45, 2.75) is 65.1 Å². The summed E-state index contributed by atoms with van der Waals surface area (Å²) in [7, 11) is 0. The van der Waals surface area contributed by atoms with Crippen LogP contribution in [0.4, 0.5) is 0 Å². The molecule has 0 amide bonds. The molecule has 0 saturated heterocycles. The highest BCUT2D eigenvalue weighted by atomic mass is 16.4. The molecule has 38 heavy (non-hydrogen) atoms. The Bertz CT molecular complexity index is 1250. The van der Waals surface area contributed by atoms with Crippen molar-refractivity contribution in [1.29, 1.82) is 0 Å². The van der Waals surface area contributed by atoms with E-state index in [0.29, 0.717) is 0 Å². The van der Waals surface area contributed by atoms with Crippen molar-refractivity contribution in [3.63, 3.8) is 0 Å². The summed E-state index contributed by atoms with van der Waals surface area (Å²) in [5.41, 5.74) is 5.84. The summed E-state index contributed by atoms with van der Waals surface area (Å²) in [4.78, 5) is 18.7. The third kappa shape index (κ3) is 7.65. The maximum Gasteiger partial charge on any atom is 0.303 e. The normalized spacial score (nSPS) is 11.2. The standard InChI is InChI=1S/C33H39N3O2/c1-2-3-24-36-30(26-35(23-15-7-14-22-31(37)38)25-27-16-8-4-9-17-27)32(28-18-10-5-11-19-28)34-33(36)29-20-12-6-13-21-29/h4-6,8-13,16-21H,2-3,7,14-15,22-26H2,1H3,(H,37,38). The Morgan fingerprint density at radius 3 is 2.05 bits per heavy atom. The summed E-state index contributed by atoms with van der Waals surface area (Å²) in [6.07, 6.45) is 5.04. The van der Waals surface area contributed by atoms with E-state index in [-0.39, 0.29) is 6.42 Å². The van der Waals surface area contributed by atoms with Crippen molar-refractivity contribution >= 4 is 5.97 Å². The van der Waals surface area contributed by atoms with Gasteiger partial charge in [0.2, 0.25) is 0 Å². The van der Waals surface area contributed by atoms with Gasteiger partial charge in [0.05, 0.1) is 11.4 Å². The van der Waals surface area contributed by atoms with Crippen LogP contribution in [0.3, 0.4) is 0 Å². The monoisotopic (exact) mass is 509 g/mol. The van der Waals surface area contributed by atoms with Gasteiger partial charge in [-0.15, -0.1) is 0 Å². The zero-order valence-electron chi connectivity index (χ0n) is 22.4. The van der Waals surface area contributed by atoms with Gasteiger partial charge in [-0.05, 0) is 31.4 Å². The number of hydrogen-bond donors (Lipinski definition) is 1. The molecule has 198 valence electrons. The fourth-order valence-corrected chi connectivity index (χ4v) is 4.89. The van der Waals surface area contributed by atoms with Gasteiger partial charge >= 0.3 is 5.97 Å². The van der Waals surface area contributed by atoms with Gasteiger partial charge in [-0.3, -0.25) is 9.69 Å². The van der Waals surface area contributed by atoms with Crippen molar-refractivity contribution in [2.24, 2.45) is 0 Å². The Balaban J connectivity index is 1.70. The number of nitrogens with zero attached hydrogens (tertiary/aromatic N) is 3. The lowest BCUT2D eigenvalue weighted by molar-refractivity contribution is -0.137. The third-order valence-corrected chi connectivity index (χ3v) is 6.87. The van der Waals surface area contributed by atoms with Gasteiger partial charge in [-0.1, -0.05) is 111 Å². The van der Waals surface area contributed by atoms with Crippen LogP contribution in [0.5, 0.6) is 0 Å². The number of rotatable bonds is 15. The summed E-state index contributed by atoms with van der Waals surface area (Å²) >= 11 is 0. The molecule has 4 aromatic rings. The van der Waals surface area contributed by atoms with Gasteiger partial charge in [0.25, 0.3) is 0 Å².